The van der Waals surface area contributed by atoms with E-state index in [0.717, 1.165) is 23.1 Å². The van der Waals surface area contributed by atoms with Crippen molar-refractivity contribution in [2.75, 3.05) is 6.54 Å². The summed E-state index contributed by atoms with van der Waals surface area (Å²) in [5.41, 5.74) is 3.11. The molecule has 2 amide bonds. The van der Waals surface area contributed by atoms with Gasteiger partial charge in [-0.05, 0) is 30.0 Å². The summed E-state index contributed by atoms with van der Waals surface area (Å²) in [6.45, 7) is 2.59. The fraction of sp³-hybridized carbons (Fsp3) is 0.278. The van der Waals surface area contributed by atoms with Gasteiger partial charge in [0, 0.05) is 6.54 Å². The minimum atomic E-state index is -0.164. The number of carbonyl (C=O) groups is 1. The van der Waals surface area contributed by atoms with Gasteiger partial charge in [0.15, 0.2) is 0 Å². The van der Waals surface area contributed by atoms with E-state index in [1.807, 2.05) is 61.5 Å². The van der Waals surface area contributed by atoms with E-state index in [9.17, 15) is 4.79 Å². The van der Waals surface area contributed by atoms with Gasteiger partial charge in [0.2, 0.25) is 0 Å². The van der Waals surface area contributed by atoms with Gasteiger partial charge in [-0.3, -0.25) is 0 Å². The largest absolute Gasteiger partial charge is 0.392 e. The molecule has 0 aromatic heterocycles. The number of aliphatic hydroxyl groups is 1. The van der Waals surface area contributed by atoms with E-state index in [1.165, 1.54) is 0 Å². The van der Waals surface area contributed by atoms with Gasteiger partial charge >= 0.3 is 6.03 Å². The number of hydrogen-bond acceptors (Lipinski definition) is 2. The van der Waals surface area contributed by atoms with Crippen molar-refractivity contribution in [2.45, 2.75) is 26.0 Å². The summed E-state index contributed by atoms with van der Waals surface area (Å²) in [6, 6.07) is 17.4. The normalized spacial score (nSPS) is 11.7. The first kappa shape index (κ1) is 16.0. The topological polar surface area (TPSA) is 61.4 Å². The minimum Gasteiger partial charge on any atom is -0.392 e. The summed E-state index contributed by atoms with van der Waals surface area (Å²) in [5, 5.41) is 14.8. The molecule has 0 aliphatic rings. The van der Waals surface area contributed by atoms with Crippen molar-refractivity contribution >= 4 is 6.03 Å². The van der Waals surface area contributed by atoms with Crippen molar-refractivity contribution in [2.24, 2.45) is 0 Å². The van der Waals surface area contributed by atoms with Crippen molar-refractivity contribution in [3.8, 4) is 0 Å². The van der Waals surface area contributed by atoms with Crippen LogP contribution in [-0.4, -0.2) is 17.7 Å². The Bertz CT molecular complexity index is 582. The highest BCUT2D eigenvalue weighted by atomic mass is 16.3. The molecule has 1 atom stereocenters. The van der Waals surface area contributed by atoms with Crippen LogP contribution in [-0.2, 0) is 13.0 Å². The SMILES string of the molecule is CC(NC(=O)NCCc1ccc(CO)cc1)c1ccccc1. The van der Waals surface area contributed by atoms with Gasteiger partial charge < -0.3 is 15.7 Å². The Morgan fingerprint density at radius 3 is 2.32 bits per heavy atom. The van der Waals surface area contributed by atoms with Crippen LogP contribution in [0.5, 0.6) is 0 Å². The number of aliphatic hydroxyl groups excluding tert-OH is 1. The number of hydrogen-bond donors (Lipinski definition) is 3. The molecule has 4 heteroatoms. The Morgan fingerprint density at radius 1 is 1.05 bits per heavy atom. The molecule has 4 nitrogen and oxygen atoms in total. The average molecular weight is 298 g/mol. The van der Waals surface area contributed by atoms with Crippen LogP contribution in [0.2, 0.25) is 0 Å². The molecular weight excluding hydrogens is 276 g/mol. The lowest BCUT2D eigenvalue weighted by atomic mass is 10.1. The molecule has 0 heterocycles. The molecule has 0 bridgehead atoms. The quantitative estimate of drug-likeness (QED) is 0.768. The molecule has 0 aliphatic carbocycles. The maximum absolute atomic E-state index is 11.9. The molecule has 0 saturated carbocycles. The third-order valence-electron chi connectivity index (χ3n) is 3.55. The molecule has 0 fully saturated rings. The molecule has 116 valence electrons. The van der Waals surface area contributed by atoms with Crippen LogP contribution in [0.3, 0.4) is 0 Å². The number of rotatable bonds is 6. The minimum absolute atomic E-state index is 0.0231. The first-order valence-electron chi connectivity index (χ1n) is 7.47. The van der Waals surface area contributed by atoms with Gasteiger partial charge in [-0.1, -0.05) is 54.6 Å². The number of amides is 2. The van der Waals surface area contributed by atoms with E-state index in [-0.39, 0.29) is 18.7 Å². The van der Waals surface area contributed by atoms with E-state index in [0.29, 0.717) is 6.54 Å². The third-order valence-corrected chi connectivity index (χ3v) is 3.55. The van der Waals surface area contributed by atoms with Gasteiger partial charge in [-0.25, -0.2) is 4.79 Å². The summed E-state index contributed by atoms with van der Waals surface area (Å²) in [7, 11) is 0. The molecule has 0 radical (unpaired) electrons. The highest BCUT2D eigenvalue weighted by Gasteiger charge is 2.08. The summed E-state index contributed by atoms with van der Waals surface area (Å²) >= 11 is 0. The van der Waals surface area contributed by atoms with Crippen molar-refractivity contribution in [1.82, 2.24) is 10.6 Å². The maximum Gasteiger partial charge on any atom is 0.315 e. The van der Waals surface area contributed by atoms with E-state index < -0.39 is 0 Å². The van der Waals surface area contributed by atoms with Crippen molar-refractivity contribution in [3.05, 3.63) is 71.3 Å². The predicted octanol–water partition coefficient (Wildman–Crippen LogP) is 2.78. The fourth-order valence-electron chi connectivity index (χ4n) is 2.20. The summed E-state index contributed by atoms with van der Waals surface area (Å²) in [5.74, 6) is 0. The third kappa shape index (κ3) is 4.90. The number of nitrogens with one attached hydrogen (secondary N) is 2. The van der Waals surface area contributed by atoms with Crippen LogP contribution in [0.1, 0.15) is 29.7 Å². The molecule has 1 unspecified atom stereocenters. The Kier molecular flexibility index (Phi) is 5.98. The second-order valence-electron chi connectivity index (χ2n) is 5.26. The van der Waals surface area contributed by atoms with E-state index in [1.54, 1.807) is 0 Å². The van der Waals surface area contributed by atoms with Gasteiger partial charge in [-0.2, -0.15) is 0 Å². The molecule has 2 aromatic rings. The second kappa shape index (κ2) is 8.20. The van der Waals surface area contributed by atoms with Crippen LogP contribution in [0.15, 0.2) is 54.6 Å². The van der Waals surface area contributed by atoms with Crippen LogP contribution >= 0.6 is 0 Å². The highest BCUT2D eigenvalue weighted by Crippen LogP contribution is 2.10. The summed E-state index contributed by atoms with van der Waals surface area (Å²) < 4.78 is 0. The van der Waals surface area contributed by atoms with Crippen molar-refractivity contribution in [1.29, 1.82) is 0 Å². The molecule has 0 aliphatic heterocycles. The Labute approximate surface area is 131 Å². The van der Waals surface area contributed by atoms with Gasteiger partial charge in [0.1, 0.15) is 0 Å². The zero-order valence-electron chi connectivity index (χ0n) is 12.8. The lowest BCUT2D eigenvalue weighted by Crippen LogP contribution is -2.38. The molecule has 2 rings (SSSR count). The number of carbonyl (C=O) groups excluding carboxylic acids is 1. The number of urea groups is 1. The number of benzene rings is 2. The first-order valence-corrected chi connectivity index (χ1v) is 7.47. The Morgan fingerprint density at radius 2 is 1.68 bits per heavy atom. The van der Waals surface area contributed by atoms with Crippen molar-refractivity contribution < 1.29 is 9.90 Å². The predicted molar refractivity (Wildman–Crippen MR) is 87.5 cm³/mol. The van der Waals surface area contributed by atoms with Crippen LogP contribution in [0.4, 0.5) is 4.79 Å². The van der Waals surface area contributed by atoms with Gasteiger partial charge in [-0.15, -0.1) is 0 Å². The molecular formula is C18H22N2O2. The van der Waals surface area contributed by atoms with Gasteiger partial charge in [0.05, 0.1) is 12.6 Å². The van der Waals surface area contributed by atoms with Gasteiger partial charge in [0.25, 0.3) is 0 Å². The van der Waals surface area contributed by atoms with E-state index >= 15 is 0 Å². The van der Waals surface area contributed by atoms with E-state index in [2.05, 4.69) is 10.6 Å². The Hall–Kier alpha value is -2.33. The van der Waals surface area contributed by atoms with Crippen LogP contribution < -0.4 is 10.6 Å². The van der Waals surface area contributed by atoms with Crippen LogP contribution in [0.25, 0.3) is 0 Å². The Balaban J connectivity index is 1.73. The lowest BCUT2D eigenvalue weighted by Gasteiger charge is -2.15. The maximum atomic E-state index is 11.9. The first-order chi connectivity index (χ1) is 10.7. The fourth-order valence-corrected chi connectivity index (χ4v) is 2.20. The second-order valence-corrected chi connectivity index (χ2v) is 5.26. The summed E-state index contributed by atoms with van der Waals surface area (Å²) in [6.07, 6.45) is 0.763. The van der Waals surface area contributed by atoms with E-state index in [4.69, 9.17) is 5.11 Å². The standard InChI is InChI=1S/C18H22N2O2/c1-14(17-5-3-2-4-6-17)20-18(22)19-12-11-15-7-9-16(13-21)10-8-15/h2-10,14,21H,11-13H2,1H3,(H2,19,20,22). The smallest absolute Gasteiger partial charge is 0.315 e. The monoisotopic (exact) mass is 298 g/mol. The summed E-state index contributed by atoms with van der Waals surface area (Å²) in [4.78, 5) is 11.9. The lowest BCUT2D eigenvalue weighted by molar-refractivity contribution is 0.238. The average Bonchev–Trinajstić information content (AvgIpc) is 2.56. The highest BCUT2D eigenvalue weighted by molar-refractivity contribution is 5.74. The van der Waals surface area contributed by atoms with Crippen molar-refractivity contribution in [3.63, 3.8) is 0 Å². The molecule has 3 N–H and O–H groups in total. The van der Waals surface area contributed by atoms with Crippen LogP contribution in [0, 0.1) is 0 Å². The molecule has 22 heavy (non-hydrogen) atoms. The zero-order valence-corrected chi connectivity index (χ0v) is 12.8. The molecule has 2 aromatic carbocycles. The molecule has 0 saturated heterocycles. The zero-order chi connectivity index (χ0) is 15.8. The molecule has 0 spiro atoms.